The summed E-state index contributed by atoms with van der Waals surface area (Å²) < 4.78 is 12.8. The van der Waals surface area contributed by atoms with Crippen molar-refractivity contribution in [1.29, 1.82) is 0 Å². The number of benzene rings is 3. The minimum atomic E-state index is -0.264. The molecule has 3 aliphatic rings. The molecule has 182 valence electrons. The molecule has 2 fully saturated rings. The maximum absolute atomic E-state index is 12.9. The van der Waals surface area contributed by atoms with Crippen molar-refractivity contribution in [2.24, 2.45) is 28.8 Å². The smallest absolute Gasteiger partial charge is 0.254 e. The number of amides is 2. The lowest BCUT2D eigenvalue weighted by Crippen LogP contribution is -2.28. The van der Waals surface area contributed by atoms with E-state index in [9.17, 15) is 9.59 Å². The van der Waals surface area contributed by atoms with Gasteiger partial charge in [0, 0.05) is 0 Å². The maximum Gasteiger partial charge on any atom is 0.254 e. The number of hydrazone groups is 1. The van der Waals surface area contributed by atoms with Crippen molar-refractivity contribution in [1.82, 2.24) is 5.01 Å². The van der Waals surface area contributed by atoms with Gasteiger partial charge in [0.15, 0.2) is 11.5 Å². The van der Waals surface area contributed by atoms with E-state index in [-0.39, 0.29) is 35.5 Å². The molecule has 3 aromatic carbocycles. The van der Waals surface area contributed by atoms with Gasteiger partial charge in [-0.05, 0) is 75.1 Å². The minimum absolute atomic E-state index is 0.161. The molecule has 0 radical (unpaired) electrons. The van der Waals surface area contributed by atoms with Gasteiger partial charge in [-0.25, -0.2) is 0 Å². The van der Waals surface area contributed by atoms with Crippen molar-refractivity contribution >= 4 is 44.7 Å². The third-order valence-electron chi connectivity index (χ3n) is 7.35. The molecule has 0 N–H and O–H groups in total. The average Bonchev–Trinajstić information content (AvgIpc) is 3.56. The molecule has 1 saturated heterocycles. The lowest BCUT2D eigenvalue weighted by Gasteiger charge is -2.16. The van der Waals surface area contributed by atoms with E-state index in [0.29, 0.717) is 34.7 Å². The van der Waals surface area contributed by atoms with Crippen LogP contribution in [0.4, 0.5) is 0 Å². The standard InChI is InChI=1S/C29H25BrN2O4/c1-2-35-24-13-17(15-31-32-28(33)25-19-10-11-20(14-19)26(25)29(32)34)12-23(30)27(24)36-16-21-8-5-7-18-6-3-4-9-22(18)21/h3-13,15,19-20,25-26H,2,14,16H2,1H3/b31-15-/t19-,20-,25-,26-/m0/s1. The molecule has 6 rings (SSSR count). The van der Waals surface area contributed by atoms with Crippen molar-refractivity contribution < 1.29 is 19.1 Å². The molecule has 1 saturated carbocycles. The Morgan fingerprint density at radius 2 is 1.72 bits per heavy atom. The molecule has 7 heteroatoms. The van der Waals surface area contributed by atoms with E-state index in [2.05, 4.69) is 57.4 Å². The highest BCUT2D eigenvalue weighted by molar-refractivity contribution is 9.10. The van der Waals surface area contributed by atoms with E-state index in [1.165, 1.54) is 6.21 Å². The van der Waals surface area contributed by atoms with Crippen LogP contribution in [-0.2, 0) is 16.2 Å². The molecule has 2 amide bonds. The van der Waals surface area contributed by atoms with Gasteiger partial charge in [-0.3, -0.25) is 9.59 Å². The largest absolute Gasteiger partial charge is 0.490 e. The molecule has 0 spiro atoms. The summed E-state index contributed by atoms with van der Waals surface area (Å²) in [5.74, 6) is 0.552. The third kappa shape index (κ3) is 3.82. The number of ether oxygens (including phenoxy) is 2. The highest BCUT2D eigenvalue weighted by Crippen LogP contribution is 2.52. The predicted octanol–water partition coefficient (Wildman–Crippen LogP) is 5.72. The van der Waals surface area contributed by atoms with E-state index in [4.69, 9.17) is 9.47 Å². The molecule has 6 nitrogen and oxygen atoms in total. The third-order valence-corrected chi connectivity index (χ3v) is 7.94. The number of rotatable bonds is 7. The van der Waals surface area contributed by atoms with Gasteiger partial charge in [0.1, 0.15) is 6.61 Å². The number of carbonyl (C=O) groups is 2. The number of hydrogen-bond acceptors (Lipinski definition) is 5. The van der Waals surface area contributed by atoms with Gasteiger partial charge in [-0.2, -0.15) is 10.1 Å². The highest BCUT2D eigenvalue weighted by Gasteiger charge is 2.59. The normalized spacial score (nSPS) is 24.3. The first-order chi connectivity index (χ1) is 17.5. The lowest BCUT2D eigenvalue weighted by atomic mass is 9.85. The second kappa shape index (κ2) is 9.21. The first-order valence-electron chi connectivity index (χ1n) is 12.2. The molecule has 3 aromatic rings. The summed E-state index contributed by atoms with van der Waals surface area (Å²) in [7, 11) is 0. The van der Waals surface area contributed by atoms with E-state index in [1.807, 2.05) is 37.3 Å². The van der Waals surface area contributed by atoms with E-state index >= 15 is 0 Å². The summed E-state index contributed by atoms with van der Waals surface area (Å²) in [4.78, 5) is 25.8. The van der Waals surface area contributed by atoms with Gasteiger partial charge in [0.2, 0.25) is 0 Å². The van der Waals surface area contributed by atoms with Gasteiger partial charge in [-0.15, -0.1) is 0 Å². The molecule has 0 unspecified atom stereocenters. The first-order valence-corrected chi connectivity index (χ1v) is 13.0. The first kappa shape index (κ1) is 23.0. The zero-order chi connectivity index (χ0) is 24.8. The lowest BCUT2D eigenvalue weighted by molar-refractivity contribution is -0.140. The van der Waals surface area contributed by atoms with Crippen LogP contribution in [0, 0.1) is 23.7 Å². The van der Waals surface area contributed by atoms with Gasteiger partial charge in [0.05, 0.1) is 29.1 Å². The number of nitrogens with zero attached hydrogens (tertiary/aromatic N) is 2. The Morgan fingerprint density at radius 1 is 1.00 bits per heavy atom. The molecule has 1 aliphatic heterocycles. The Bertz CT molecular complexity index is 1400. The molecule has 2 aliphatic carbocycles. The fourth-order valence-corrected chi connectivity index (χ4v) is 6.33. The Kier molecular flexibility index (Phi) is 5.88. The van der Waals surface area contributed by atoms with Crippen molar-refractivity contribution in [2.75, 3.05) is 6.61 Å². The maximum atomic E-state index is 12.9. The SMILES string of the molecule is CCOc1cc(/C=N\N2C(=O)[C@@H]3[C@@H](C2=O)[C@H]2C=C[C@H]3C2)cc(Br)c1OCc1cccc2ccccc12. The van der Waals surface area contributed by atoms with Crippen LogP contribution in [0.2, 0.25) is 0 Å². The topological polar surface area (TPSA) is 68.2 Å². The monoisotopic (exact) mass is 544 g/mol. The molecular weight excluding hydrogens is 520 g/mol. The van der Waals surface area contributed by atoms with Crippen LogP contribution in [0.5, 0.6) is 11.5 Å². The van der Waals surface area contributed by atoms with E-state index in [1.54, 1.807) is 0 Å². The second-order valence-corrected chi connectivity index (χ2v) is 10.3. The molecule has 0 aromatic heterocycles. The van der Waals surface area contributed by atoms with Crippen molar-refractivity contribution in [3.8, 4) is 11.5 Å². The highest BCUT2D eigenvalue weighted by atomic mass is 79.9. The number of imide groups is 1. The van der Waals surface area contributed by atoms with Crippen LogP contribution in [0.25, 0.3) is 10.8 Å². The minimum Gasteiger partial charge on any atom is -0.490 e. The van der Waals surface area contributed by atoms with Crippen LogP contribution in [-0.4, -0.2) is 29.6 Å². The number of halogens is 1. The van der Waals surface area contributed by atoms with Crippen LogP contribution in [0.1, 0.15) is 24.5 Å². The fraction of sp³-hybridized carbons (Fsp3) is 0.276. The molecule has 36 heavy (non-hydrogen) atoms. The van der Waals surface area contributed by atoms with Crippen LogP contribution in [0.3, 0.4) is 0 Å². The van der Waals surface area contributed by atoms with Crippen molar-refractivity contribution in [3.05, 3.63) is 82.3 Å². The van der Waals surface area contributed by atoms with Gasteiger partial charge in [0.25, 0.3) is 11.8 Å². The average molecular weight is 545 g/mol. The summed E-state index contributed by atoms with van der Waals surface area (Å²) >= 11 is 3.61. The van der Waals surface area contributed by atoms with Crippen molar-refractivity contribution in [3.63, 3.8) is 0 Å². The Labute approximate surface area is 217 Å². The fourth-order valence-electron chi connectivity index (χ4n) is 5.76. The molecule has 1 heterocycles. The summed E-state index contributed by atoms with van der Waals surface area (Å²) in [6, 6.07) is 18.0. The van der Waals surface area contributed by atoms with Crippen LogP contribution in [0.15, 0.2) is 76.3 Å². The molecule has 4 atom stereocenters. The number of carbonyl (C=O) groups excluding carboxylic acids is 2. The number of allylic oxidation sites excluding steroid dienone is 2. The second-order valence-electron chi connectivity index (χ2n) is 9.42. The Morgan fingerprint density at radius 3 is 2.47 bits per heavy atom. The number of hydrogen-bond donors (Lipinski definition) is 0. The summed E-state index contributed by atoms with van der Waals surface area (Å²) in [5, 5.41) is 7.66. The Balaban J connectivity index is 1.23. The predicted molar refractivity (Wildman–Crippen MR) is 141 cm³/mol. The summed E-state index contributed by atoms with van der Waals surface area (Å²) in [5.41, 5.74) is 1.77. The van der Waals surface area contributed by atoms with Gasteiger partial charge in [-0.1, -0.05) is 54.6 Å². The van der Waals surface area contributed by atoms with Gasteiger partial charge < -0.3 is 9.47 Å². The summed E-state index contributed by atoms with van der Waals surface area (Å²) in [6.45, 7) is 2.75. The van der Waals surface area contributed by atoms with Crippen LogP contribution >= 0.6 is 15.9 Å². The summed E-state index contributed by atoms with van der Waals surface area (Å²) in [6.07, 6.45) is 6.59. The van der Waals surface area contributed by atoms with Gasteiger partial charge >= 0.3 is 0 Å². The van der Waals surface area contributed by atoms with Crippen molar-refractivity contribution in [2.45, 2.75) is 20.0 Å². The van der Waals surface area contributed by atoms with E-state index < -0.39 is 0 Å². The molecular formula is C29H25BrN2O4. The number of fused-ring (bicyclic) bond motifs is 6. The van der Waals surface area contributed by atoms with E-state index in [0.717, 1.165) is 27.8 Å². The zero-order valence-corrected chi connectivity index (χ0v) is 21.4. The van der Waals surface area contributed by atoms with Crippen LogP contribution < -0.4 is 9.47 Å². The Hall–Kier alpha value is -3.45. The quantitative estimate of drug-likeness (QED) is 0.216. The zero-order valence-electron chi connectivity index (χ0n) is 19.8. The molecule has 2 bridgehead atoms.